The molecule has 1 aromatic rings. The van der Waals surface area contributed by atoms with Crippen molar-refractivity contribution in [3.8, 4) is 5.75 Å². The Morgan fingerprint density at radius 3 is 2.57 bits per heavy atom. The molecule has 0 aliphatic carbocycles. The Bertz CT molecular complexity index is 512. The monoisotopic (exact) mass is 340 g/mol. The first kappa shape index (κ1) is 19.8. The molecule has 1 aromatic carbocycles. The summed E-state index contributed by atoms with van der Waals surface area (Å²) in [4.78, 5) is 14.2. The maximum atomic E-state index is 12.2. The van der Waals surface area contributed by atoms with E-state index in [1.165, 1.54) is 5.56 Å². The lowest BCUT2D eigenvalue weighted by Gasteiger charge is -2.33. The van der Waals surface area contributed by atoms with Gasteiger partial charge in [0.15, 0.2) is 0 Å². The number of hydrogen-bond acceptors (Lipinski definition) is 3. The minimum Gasteiger partial charge on any atom is -0.493 e. The highest BCUT2D eigenvalue weighted by Gasteiger charge is 2.24. The van der Waals surface area contributed by atoms with Gasteiger partial charge in [0.2, 0.25) is 5.91 Å². The molecule has 5 heteroatoms. The van der Waals surface area contributed by atoms with Crippen LogP contribution in [0.4, 0.5) is 0 Å². The third-order valence-electron chi connectivity index (χ3n) is 4.54. The number of nitrogens with zero attached hydrogens (tertiary/aromatic N) is 1. The minimum atomic E-state index is 0. The number of ether oxygens (including phenoxy) is 1. The SMILES string of the molecule is Cc1ccc(OCCC(=O)N2CCC(C(C)N)CC2)c(C)c1.Cl. The number of rotatable bonds is 5. The molecule has 130 valence electrons. The predicted octanol–water partition coefficient (Wildman–Crippen LogP) is 3.08. The van der Waals surface area contributed by atoms with Crippen LogP contribution in [0.15, 0.2) is 18.2 Å². The van der Waals surface area contributed by atoms with Gasteiger partial charge in [0.05, 0.1) is 13.0 Å². The summed E-state index contributed by atoms with van der Waals surface area (Å²) in [6.07, 6.45) is 2.47. The predicted molar refractivity (Wildman–Crippen MR) is 96.2 cm³/mol. The van der Waals surface area contributed by atoms with E-state index in [9.17, 15) is 4.79 Å². The zero-order chi connectivity index (χ0) is 16.1. The van der Waals surface area contributed by atoms with Crippen LogP contribution in [0.3, 0.4) is 0 Å². The molecule has 1 heterocycles. The number of piperidine rings is 1. The molecule has 1 aliphatic rings. The Morgan fingerprint density at radius 1 is 1.35 bits per heavy atom. The molecule has 1 fully saturated rings. The number of halogens is 1. The van der Waals surface area contributed by atoms with Crippen LogP contribution in [0.5, 0.6) is 5.75 Å². The summed E-state index contributed by atoms with van der Waals surface area (Å²) in [5.41, 5.74) is 8.27. The fraction of sp³-hybridized carbons (Fsp3) is 0.611. The smallest absolute Gasteiger partial charge is 0.225 e. The van der Waals surface area contributed by atoms with Gasteiger partial charge >= 0.3 is 0 Å². The number of hydrogen-bond donors (Lipinski definition) is 1. The van der Waals surface area contributed by atoms with Crippen LogP contribution < -0.4 is 10.5 Å². The van der Waals surface area contributed by atoms with E-state index in [0.29, 0.717) is 18.9 Å². The molecular weight excluding hydrogens is 312 g/mol. The fourth-order valence-corrected chi connectivity index (χ4v) is 3.04. The van der Waals surface area contributed by atoms with Gasteiger partial charge in [-0.1, -0.05) is 17.7 Å². The first-order valence-corrected chi connectivity index (χ1v) is 8.21. The first-order chi connectivity index (χ1) is 10.5. The van der Waals surface area contributed by atoms with Gasteiger partial charge in [0.25, 0.3) is 0 Å². The van der Waals surface area contributed by atoms with Crippen molar-refractivity contribution < 1.29 is 9.53 Å². The highest BCUT2D eigenvalue weighted by molar-refractivity contribution is 5.85. The molecule has 23 heavy (non-hydrogen) atoms. The summed E-state index contributed by atoms with van der Waals surface area (Å²) in [6, 6.07) is 6.33. The molecule has 1 amide bonds. The lowest BCUT2D eigenvalue weighted by molar-refractivity contribution is -0.133. The first-order valence-electron chi connectivity index (χ1n) is 8.21. The van der Waals surface area contributed by atoms with Crippen molar-refractivity contribution in [2.45, 2.75) is 46.1 Å². The average molecular weight is 341 g/mol. The molecule has 1 atom stereocenters. The van der Waals surface area contributed by atoms with Crippen molar-refractivity contribution in [1.29, 1.82) is 0 Å². The zero-order valence-electron chi connectivity index (χ0n) is 14.4. The summed E-state index contributed by atoms with van der Waals surface area (Å²) >= 11 is 0. The Morgan fingerprint density at radius 2 is 2.00 bits per heavy atom. The van der Waals surface area contributed by atoms with Gasteiger partial charge in [-0.05, 0) is 51.2 Å². The van der Waals surface area contributed by atoms with Gasteiger partial charge in [-0.25, -0.2) is 0 Å². The maximum Gasteiger partial charge on any atom is 0.225 e. The quantitative estimate of drug-likeness (QED) is 0.896. The summed E-state index contributed by atoms with van der Waals surface area (Å²) in [5.74, 6) is 1.61. The number of carbonyl (C=O) groups excluding carboxylic acids is 1. The van der Waals surface area contributed by atoms with Crippen LogP contribution in [0.1, 0.15) is 37.3 Å². The van der Waals surface area contributed by atoms with E-state index in [2.05, 4.69) is 19.9 Å². The molecule has 4 nitrogen and oxygen atoms in total. The highest BCUT2D eigenvalue weighted by Crippen LogP contribution is 2.21. The van der Waals surface area contributed by atoms with Gasteiger partial charge in [-0.3, -0.25) is 4.79 Å². The second-order valence-corrected chi connectivity index (χ2v) is 6.44. The van der Waals surface area contributed by atoms with Crippen molar-refractivity contribution in [1.82, 2.24) is 4.90 Å². The molecule has 1 unspecified atom stereocenters. The molecular formula is C18H29ClN2O2. The van der Waals surface area contributed by atoms with E-state index in [1.807, 2.05) is 24.0 Å². The molecule has 1 saturated heterocycles. The number of amides is 1. The number of benzene rings is 1. The molecule has 0 bridgehead atoms. The number of carbonyl (C=O) groups is 1. The van der Waals surface area contributed by atoms with Gasteiger partial charge in [-0.2, -0.15) is 0 Å². The van der Waals surface area contributed by atoms with Crippen molar-refractivity contribution in [2.75, 3.05) is 19.7 Å². The second-order valence-electron chi connectivity index (χ2n) is 6.44. The van der Waals surface area contributed by atoms with E-state index in [1.54, 1.807) is 0 Å². The maximum absolute atomic E-state index is 12.2. The van der Waals surface area contributed by atoms with Crippen molar-refractivity contribution in [2.24, 2.45) is 11.7 Å². The molecule has 0 saturated carbocycles. The Labute approximate surface area is 145 Å². The lowest BCUT2D eigenvalue weighted by Crippen LogP contribution is -2.42. The van der Waals surface area contributed by atoms with Gasteiger partial charge in [-0.15, -0.1) is 12.4 Å². The Hall–Kier alpha value is -1.26. The summed E-state index contributed by atoms with van der Waals surface area (Å²) in [5, 5.41) is 0. The van der Waals surface area contributed by atoms with Gasteiger partial charge in [0, 0.05) is 19.1 Å². The second kappa shape index (κ2) is 9.14. The normalized spacial score (nSPS) is 16.6. The van der Waals surface area contributed by atoms with Crippen LogP contribution >= 0.6 is 12.4 Å². The van der Waals surface area contributed by atoms with Crippen LogP contribution in [0, 0.1) is 19.8 Å². The van der Waals surface area contributed by atoms with Crippen LogP contribution in [0.2, 0.25) is 0 Å². The van der Waals surface area contributed by atoms with Crippen molar-refractivity contribution in [3.05, 3.63) is 29.3 Å². The van der Waals surface area contributed by atoms with E-state index in [4.69, 9.17) is 10.5 Å². The Balaban J connectivity index is 0.00000264. The van der Waals surface area contributed by atoms with Crippen molar-refractivity contribution >= 4 is 18.3 Å². The van der Waals surface area contributed by atoms with E-state index < -0.39 is 0 Å². The summed E-state index contributed by atoms with van der Waals surface area (Å²) in [6.45, 7) is 8.24. The van der Waals surface area contributed by atoms with Crippen LogP contribution in [-0.4, -0.2) is 36.5 Å². The van der Waals surface area contributed by atoms with Gasteiger partial charge < -0.3 is 15.4 Å². The van der Waals surface area contributed by atoms with E-state index >= 15 is 0 Å². The molecule has 1 aliphatic heterocycles. The third-order valence-corrected chi connectivity index (χ3v) is 4.54. The number of nitrogens with two attached hydrogens (primary N) is 1. The van der Waals surface area contributed by atoms with Crippen LogP contribution in [0.25, 0.3) is 0 Å². The largest absolute Gasteiger partial charge is 0.493 e. The average Bonchev–Trinajstić information content (AvgIpc) is 2.49. The summed E-state index contributed by atoms with van der Waals surface area (Å²) in [7, 11) is 0. The van der Waals surface area contributed by atoms with E-state index in [-0.39, 0.29) is 24.4 Å². The highest BCUT2D eigenvalue weighted by atomic mass is 35.5. The zero-order valence-corrected chi connectivity index (χ0v) is 15.2. The molecule has 2 rings (SSSR count). The van der Waals surface area contributed by atoms with Gasteiger partial charge in [0.1, 0.15) is 5.75 Å². The van der Waals surface area contributed by atoms with Crippen LogP contribution in [-0.2, 0) is 4.79 Å². The molecule has 0 spiro atoms. The number of likely N-dealkylation sites (tertiary alicyclic amines) is 1. The standard InChI is InChI=1S/C18H28N2O2.ClH/c1-13-4-5-17(14(2)12-13)22-11-8-18(21)20-9-6-16(7-10-20)15(3)19;/h4-5,12,15-16H,6-11,19H2,1-3H3;1H. The molecule has 2 N–H and O–H groups in total. The minimum absolute atomic E-state index is 0. The number of aryl methyl sites for hydroxylation is 2. The molecule has 0 radical (unpaired) electrons. The summed E-state index contributed by atoms with van der Waals surface area (Å²) < 4.78 is 5.75. The molecule has 0 aromatic heterocycles. The van der Waals surface area contributed by atoms with E-state index in [0.717, 1.165) is 37.2 Å². The third kappa shape index (κ3) is 5.70. The lowest BCUT2D eigenvalue weighted by atomic mass is 9.91. The topological polar surface area (TPSA) is 55.6 Å². The van der Waals surface area contributed by atoms with Crippen molar-refractivity contribution in [3.63, 3.8) is 0 Å². The fourth-order valence-electron chi connectivity index (χ4n) is 3.04. The Kier molecular flexibility index (Phi) is 7.86.